The summed E-state index contributed by atoms with van der Waals surface area (Å²) in [6.45, 7) is 2.63. The third kappa shape index (κ3) is 4.18. The molecule has 1 saturated heterocycles. The molecule has 1 aromatic carbocycles. The van der Waals surface area contributed by atoms with E-state index in [9.17, 15) is 10.1 Å². The fourth-order valence-corrected chi connectivity index (χ4v) is 2.60. The van der Waals surface area contributed by atoms with Gasteiger partial charge in [-0.1, -0.05) is 15.9 Å². The van der Waals surface area contributed by atoms with Crippen LogP contribution in [0.4, 0.5) is 5.69 Å². The molecule has 0 amide bonds. The lowest BCUT2D eigenvalue weighted by Gasteiger charge is -2.22. The molecule has 1 unspecified atom stereocenters. The van der Waals surface area contributed by atoms with Crippen LogP contribution in [-0.4, -0.2) is 24.6 Å². The molecule has 2 rings (SSSR count). The monoisotopic (exact) mass is 328 g/mol. The van der Waals surface area contributed by atoms with Gasteiger partial charge in [-0.25, -0.2) is 0 Å². The number of nitrogens with zero attached hydrogens (tertiary/aromatic N) is 1. The third-order valence-electron chi connectivity index (χ3n) is 3.30. The van der Waals surface area contributed by atoms with Crippen molar-refractivity contribution in [3.05, 3.63) is 32.8 Å². The highest BCUT2D eigenvalue weighted by molar-refractivity contribution is 9.10. The van der Waals surface area contributed by atoms with E-state index in [1.807, 2.05) is 0 Å². The summed E-state index contributed by atoms with van der Waals surface area (Å²) in [6, 6.07) is 4.76. The van der Waals surface area contributed by atoms with E-state index in [1.165, 1.54) is 18.9 Å². The number of nitro groups is 1. The second-order valence-corrected chi connectivity index (χ2v) is 5.63. The van der Waals surface area contributed by atoms with Gasteiger partial charge in [0.05, 0.1) is 11.5 Å². The first kappa shape index (κ1) is 14.3. The molecule has 0 spiro atoms. The van der Waals surface area contributed by atoms with Gasteiger partial charge in [0.2, 0.25) is 0 Å². The standard InChI is InChI=1S/C13H17BrN2O3/c14-11-3-4-12(16(17)18)13(8-11)19-7-5-10-2-1-6-15-9-10/h3-4,8,10,15H,1-2,5-7,9H2. The van der Waals surface area contributed by atoms with Crippen LogP contribution in [0.2, 0.25) is 0 Å². The topological polar surface area (TPSA) is 64.4 Å². The van der Waals surface area contributed by atoms with E-state index in [0.29, 0.717) is 18.3 Å². The van der Waals surface area contributed by atoms with E-state index in [1.54, 1.807) is 12.1 Å². The second-order valence-electron chi connectivity index (χ2n) is 4.72. The Morgan fingerprint density at radius 1 is 1.53 bits per heavy atom. The van der Waals surface area contributed by atoms with Crippen LogP contribution in [0.15, 0.2) is 22.7 Å². The Kier molecular flexibility index (Phi) is 5.15. The van der Waals surface area contributed by atoms with Gasteiger partial charge in [-0.15, -0.1) is 0 Å². The van der Waals surface area contributed by atoms with Crippen LogP contribution in [0.25, 0.3) is 0 Å². The van der Waals surface area contributed by atoms with E-state index in [2.05, 4.69) is 21.2 Å². The summed E-state index contributed by atoms with van der Waals surface area (Å²) in [7, 11) is 0. The molecule has 1 fully saturated rings. The van der Waals surface area contributed by atoms with Crippen molar-refractivity contribution in [2.75, 3.05) is 19.7 Å². The molecule has 19 heavy (non-hydrogen) atoms. The Morgan fingerprint density at radius 2 is 2.37 bits per heavy atom. The molecule has 0 radical (unpaired) electrons. The maximum atomic E-state index is 10.9. The number of halogens is 1. The molecule has 104 valence electrons. The fraction of sp³-hybridized carbons (Fsp3) is 0.538. The minimum absolute atomic E-state index is 0.0185. The predicted molar refractivity (Wildman–Crippen MR) is 76.5 cm³/mol. The van der Waals surface area contributed by atoms with Crippen molar-refractivity contribution < 1.29 is 9.66 Å². The van der Waals surface area contributed by atoms with Crippen molar-refractivity contribution in [1.82, 2.24) is 5.32 Å². The van der Waals surface area contributed by atoms with Crippen LogP contribution >= 0.6 is 15.9 Å². The van der Waals surface area contributed by atoms with Gasteiger partial charge >= 0.3 is 5.69 Å². The van der Waals surface area contributed by atoms with Crippen LogP contribution < -0.4 is 10.1 Å². The first-order valence-electron chi connectivity index (χ1n) is 6.44. The van der Waals surface area contributed by atoms with Gasteiger partial charge in [0.25, 0.3) is 0 Å². The molecule has 5 nitrogen and oxygen atoms in total. The largest absolute Gasteiger partial charge is 0.487 e. The Bertz CT molecular complexity index is 448. The molecule has 1 aliphatic heterocycles. The number of hydrogen-bond acceptors (Lipinski definition) is 4. The van der Waals surface area contributed by atoms with Gasteiger partial charge < -0.3 is 10.1 Å². The SMILES string of the molecule is O=[N+]([O-])c1ccc(Br)cc1OCCC1CCCNC1. The summed E-state index contributed by atoms with van der Waals surface area (Å²) < 4.78 is 6.37. The van der Waals surface area contributed by atoms with E-state index >= 15 is 0 Å². The molecule has 6 heteroatoms. The quantitative estimate of drug-likeness (QED) is 0.666. The highest BCUT2D eigenvalue weighted by atomic mass is 79.9. The Balaban J connectivity index is 1.91. The molecule has 0 saturated carbocycles. The number of hydrogen-bond donors (Lipinski definition) is 1. The zero-order valence-corrected chi connectivity index (χ0v) is 12.2. The number of ether oxygens (including phenoxy) is 1. The molecule has 0 aliphatic carbocycles. The number of nitro benzene ring substituents is 1. The summed E-state index contributed by atoms with van der Waals surface area (Å²) >= 11 is 3.30. The van der Waals surface area contributed by atoms with Crippen LogP contribution in [0.3, 0.4) is 0 Å². The molecule has 0 bridgehead atoms. The first-order chi connectivity index (χ1) is 9.16. The molecular weight excluding hydrogens is 312 g/mol. The number of benzene rings is 1. The van der Waals surface area contributed by atoms with E-state index in [0.717, 1.165) is 24.0 Å². The zero-order valence-electron chi connectivity index (χ0n) is 10.6. The van der Waals surface area contributed by atoms with Crippen molar-refractivity contribution in [3.8, 4) is 5.75 Å². The first-order valence-corrected chi connectivity index (χ1v) is 7.23. The van der Waals surface area contributed by atoms with Gasteiger partial charge in [-0.05, 0) is 44.3 Å². The third-order valence-corrected chi connectivity index (χ3v) is 3.79. The van der Waals surface area contributed by atoms with Crippen molar-refractivity contribution in [2.45, 2.75) is 19.3 Å². The molecule has 1 atom stereocenters. The number of piperidine rings is 1. The summed E-state index contributed by atoms with van der Waals surface area (Å²) in [5.74, 6) is 0.947. The lowest BCUT2D eigenvalue weighted by molar-refractivity contribution is -0.385. The minimum Gasteiger partial charge on any atom is -0.487 e. The molecule has 1 heterocycles. The van der Waals surface area contributed by atoms with Gasteiger partial charge in [0.15, 0.2) is 5.75 Å². The van der Waals surface area contributed by atoms with Gasteiger partial charge in [-0.3, -0.25) is 10.1 Å². The molecule has 1 aromatic rings. The van der Waals surface area contributed by atoms with Crippen LogP contribution in [0.1, 0.15) is 19.3 Å². The minimum atomic E-state index is -0.413. The second kappa shape index (κ2) is 6.86. The maximum Gasteiger partial charge on any atom is 0.310 e. The number of rotatable bonds is 5. The molecule has 0 aromatic heterocycles. The average Bonchev–Trinajstić information content (AvgIpc) is 2.39. The van der Waals surface area contributed by atoms with Crippen molar-refractivity contribution >= 4 is 21.6 Å². The lowest BCUT2D eigenvalue weighted by atomic mass is 9.97. The van der Waals surface area contributed by atoms with E-state index in [4.69, 9.17) is 4.74 Å². The van der Waals surface area contributed by atoms with Crippen molar-refractivity contribution in [2.24, 2.45) is 5.92 Å². The zero-order chi connectivity index (χ0) is 13.7. The van der Waals surface area contributed by atoms with Crippen LogP contribution in [0, 0.1) is 16.0 Å². The van der Waals surface area contributed by atoms with Crippen LogP contribution in [-0.2, 0) is 0 Å². The lowest BCUT2D eigenvalue weighted by Crippen LogP contribution is -2.30. The van der Waals surface area contributed by atoms with Crippen LogP contribution in [0.5, 0.6) is 5.75 Å². The fourth-order valence-electron chi connectivity index (χ4n) is 2.26. The van der Waals surface area contributed by atoms with Gasteiger partial charge in [0.1, 0.15) is 0 Å². The highest BCUT2D eigenvalue weighted by Gasteiger charge is 2.17. The summed E-state index contributed by atoms with van der Waals surface area (Å²) in [4.78, 5) is 10.5. The highest BCUT2D eigenvalue weighted by Crippen LogP contribution is 2.30. The smallest absolute Gasteiger partial charge is 0.310 e. The summed E-state index contributed by atoms with van der Waals surface area (Å²) in [6.07, 6.45) is 3.33. The summed E-state index contributed by atoms with van der Waals surface area (Å²) in [5.41, 5.74) is 0.0185. The molecule has 1 N–H and O–H groups in total. The van der Waals surface area contributed by atoms with E-state index in [-0.39, 0.29) is 5.69 Å². The Hall–Kier alpha value is -1.14. The molecule has 1 aliphatic rings. The van der Waals surface area contributed by atoms with Crippen molar-refractivity contribution in [3.63, 3.8) is 0 Å². The van der Waals surface area contributed by atoms with Crippen molar-refractivity contribution in [1.29, 1.82) is 0 Å². The Labute approximate surface area is 120 Å². The number of nitrogens with one attached hydrogen (secondary N) is 1. The predicted octanol–water partition coefficient (Wildman–Crippen LogP) is 3.13. The molecular formula is C13H17BrN2O3. The van der Waals surface area contributed by atoms with E-state index < -0.39 is 4.92 Å². The maximum absolute atomic E-state index is 10.9. The Morgan fingerprint density at radius 3 is 3.05 bits per heavy atom. The summed E-state index contributed by atoms with van der Waals surface area (Å²) in [5, 5.41) is 14.2. The normalized spacial score (nSPS) is 19.1. The van der Waals surface area contributed by atoms with Gasteiger partial charge in [0, 0.05) is 16.6 Å². The average molecular weight is 329 g/mol. The van der Waals surface area contributed by atoms with Gasteiger partial charge in [-0.2, -0.15) is 0 Å².